The van der Waals surface area contributed by atoms with Crippen molar-refractivity contribution >= 4 is 11.6 Å². The molecule has 1 saturated heterocycles. The third-order valence-electron chi connectivity index (χ3n) is 7.64. The summed E-state index contributed by atoms with van der Waals surface area (Å²) in [5.74, 6) is -2.65. The average Bonchev–Trinajstić information content (AvgIpc) is 3.24. The normalized spacial score (nSPS) is 15.3. The molecule has 1 unspecified atom stereocenters. The van der Waals surface area contributed by atoms with E-state index in [1.165, 1.54) is 44.1 Å². The zero-order valence-corrected chi connectivity index (χ0v) is 24.9. The highest BCUT2D eigenvalue weighted by Gasteiger charge is 2.29. The molecule has 0 saturated carbocycles. The number of carbonyl (C=O) groups is 1. The Morgan fingerprint density at radius 1 is 0.978 bits per heavy atom. The minimum atomic E-state index is -3.06. The van der Waals surface area contributed by atoms with Gasteiger partial charge in [-0.1, -0.05) is 0 Å². The van der Waals surface area contributed by atoms with E-state index in [2.05, 4.69) is 15.0 Å². The van der Waals surface area contributed by atoms with Gasteiger partial charge in [0.2, 0.25) is 0 Å². The summed E-state index contributed by atoms with van der Waals surface area (Å²) >= 11 is 0. The summed E-state index contributed by atoms with van der Waals surface area (Å²) in [6, 6.07) is 9.92. The SMILES string of the molecule is COc1cc(C2CCCN(C)C2)nc(-n2c(=O)c(NC(=O)c3ccc(OC(F)F)cc3)c(-c3c(F)cc(OC)cc3F)n2C)c1. The van der Waals surface area contributed by atoms with Gasteiger partial charge in [0.15, 0.2) is 5.82 Å². The maximum absolute atomic E-state index is 15.5. The summed E-state index contributed by atoms with van der Waals surface area (Å²) in [5.41, 5.74) is -1.52. The zero-order valence-electron chi connectivity index (χ0n) is 24.9. The fraction of sp³-hybridized carbons (Fsp3) is 0.323. The highest BCUT2D eigenvalue weighted by Crippen LogP contribution is 2.35. The number of hydrogen-bond acceptors (Lipinski definition) is 7. The fourth-order valence-electron chi connectivity index (χ4n) is 5.48. The second-order valence-corrected chi connectivity index (χ2v) is 10.6. The van der Waals surface area contributed by atoms with Gasteiger partial charge in [-0.25, -0.2) is 13.8 Å². The van der Waals surface area contributed by atoms with Crippen LogP contribution in [0.15, 0.2) is 53.3 Å². The minimum Gasteiger partial charge on any atom is -0.497 e. The van der Waals surface area contributed by atoms with Gasteiger partial charge >= 0.3 is 6.61 Å². The largest absolute Gasteiger partial charge is 0.497 e. The number of ether oxygens (including phenoxy) is 3. The molecule has 1 N–H and O–H groups in total. The van der Waals surface area contributed by atoms with Crippen LogP contribution in [0.25, 0.3) is 17.1 Å². The third-order valence-corrected chi connectivity index (χ3v) is 7.64. The molecule has 45 heavy (non-hydrogen) atoms. The first kappa shape index (κ1) is 31.6. The molecule has 14 heteroatoms. The Balaban J connectivity index is 1.66. The van der Waals surface area contributed by atoms with E-state index in [1.807, 2.05) is 7.05 Å². The number of carbonyl (C=O) groups excluding carboxylic acids is 1. The number of nitrogens with one attached hydrogen (secondary N) is 1. The maximum Gasteiger partial charge on any atom is 0.387 e. The number of methoxy groups -OCH3 is 2. The Labute approximate surface area is 255 Å². The molecule has 1 amide bonds. The second-order valence-electron chi connectivity index (χ2n) is 10.6. The lowest BCUT2D eigenvalue weighted by atomic mass is 9.94. The van der Waals surface area contributed by atoms with Gasteiger partial charge in [0.25, 0.3) is 11.5 Å². The molecule has 1 fully saturated rings. The summed E-state index contributed by atoms with van der Waals surface area (Å²) in [5, 5.41) is 2.47. The van der Waals surface area contributed by atoms with Gasteiger partial charge in [-0.15, -0.1) is 0 Å². The van der Waals surface area contributed by atoms with E-state index in [0.29, 0.717) is 11.4 Å². The smallest absolute Gasteiger partial charge is 0.387 e. The predicted octanol–water partition coefficient (Wildman–Crippen LogP) is 5.20. The van der Waals surface area contributed by atoms with Crippen LogP contribution in [0.5, 0.6) is 17.2 Å². The Kier molecular flexibility index (Phi) is 9.14. The standard InChI is InChI=1S/C31H31F4N5O5/c1-38-11-5-6-18(16-38)24-14-21(44-4)15-25(36-24)40-30(42)27(37-29(41)17-7-9-19(10-8-17)45-31(34)35)28(39(40)2)26-22(32)12-20(43-3)13-23(26)33/h7-10,12-15,18,31H,5-6,11,16H2,1-4H3,(H,37,41). The van der Waals surface area contributed by atoms with Crippen LogP contribution in [-0.4, -0.2) is 66.1 Å². The van der Waals surface area contributed by atoms with Crippen LogP contribution in [0, 0.1) is 11.6 Å². The van der Waals surface area contributed by atoms with Crippen molar-refractivity contribution in [1.82, 2.24) is 19.2 Å². The van der Waals surface area contributed by atoms with Crippen molar-refractivity contribution < 1.29 is 36.6 Å². The Morgan fingerprint density at radius 2 is 1.62 bits per heavy atom. The number of piperidine rings is 1. The number of pyridine rings is 1. The Hall–Kier alpha value is -4.85. The van der Waals surface area contributed by atoms with Crippen LogP contribution in [-0.2, 0) is 7.05 Å². The zero-order chi connectivity index (χ0) is 32.4. The number of rotatable bonds is 9. The van der Waals surface area contributed by atoms with Crippen LogP contribution < -0.4 is 25.1 Å². The minimum absolute atomic E-state index is 0.0312. The van der Waals surface area contributed by atoms with Gasteiger partial charge in [0, 0.05) is 49.3 Å². The Morgan fingerprint density at radius 3 is 2.22 bits per heavy atom. The molecule has 0 aliphatic carbocycles. The summed E-state index contributed by atoms with van der Waals surface area (Å²) in [6.07, 6.45) is 1.81. The second kappa shape index (κ2) is 13.0. The number of halogens is 4. The molecule has 3 heterocycles. The molecule has 1 aliphatic rings. The van der Waals surface area contributed by atoms with Gasteiger partial charge in [-0.3, -0.25) is 14.3 Å². The average molecular weight is 630 g/mol. The van der Waals surface area contributed by atoms with Gasteiger partial charge in [0.05, 0.1) is 25.5 Å². The van der Waals surface area contributed by atoms with Gasteiger partial charge < -0.3 is 24.4 Å². The van der Waals surface area contributed by atoms with Crippen molar-refractivity contribution in [2.24, 2.45) is 7.05 Å². The molecule has 2 aromatic carbocycles. The molecule has 0 radical (unpaired) electrons. The van der Waals surface area contributed by atoms with Gasteiger partial charge in [-0.05, 0) is 50.7 Å². The summed E-state index contributed by atoms with van der Waals surface area (Å²) in [7, 11) is 6.13. The van der Waals surface area contributed by atoms with Crippen molar-refractivity contribution in [1.29, 1.82) is 0 Å². The molecular formula is C31H31F4N5O5. The molecule has 10 nitrogen and oxygen atoms in total. The van der Waals surface area contributed by atoms with Crippen molar-refractivity contribution in [2.75, 3.05) is 39.7 Å². The van der Waals surface area contributed by atoms with Crippen LogP contribution in [0.3, 0.4) is 0 Å². The number of nitrogens with zero attached hydrogens (tertiary/aromatic N) is 4. The molecule has 4 aromatic rings. The van der Waals surface area contributed by atoms with E-state index in [-0.39, 0.29) is 34.5 Å². The van der Waals surface area contributed by atoms with E-state index < -0.39 is 41.0 Å². The molecular weight excluding hydrogens is 598 g/mol. The van der Waals surface area contributed by atoms with Crippen molar-refractivity contribution in [2.45, 2.75) is 25.4 Å². The van der Waals surface area contributed by atoms with E-state index in [0.717, 1.165) is 54.9 Å². The molecule has 238 valence electrons. The van der Waals surface area contributed by atoms with Gasteiger partial charge in [0.1, 0.15) is 40.3 Å². The van der Waals surface area contributed by atoms with Crippen LogP contribution in [0.2, 0.25) is 0 Å². The molecule has 0 spiro atoms. The quantitative estimate of drug-likeness (QED) is 0.254. The number of alkyl halides is 2. The lowest BCUT2D eigenvalue weighted by molar-refractivity contribution is -0.0498. The van der Waals surface area contributed by atoms with Crippen molar-refractivity contribution in [3.63, 3.8) is 0 Å². The number of anilines is 1. The maximum atomic E-state index is 15.5. The monoisotopic (exact) mass is 629 g/mol. The first-order valence-corrected chi connectivity index (χ1v) is 14.0. The third kappa shape index (κ3) is 6.50. The number of amides is 1. The number of likely N-dealkylation sites (tertiary alicyclic amines) is 1. The predicted molar refractivity (Wildman–Crippen MR) is 158 cm³/mol. The summed E-state index contributed by atoms with van der Waals surface area (Å²) in [6.45, 7) is -1.38. The molecule has 5 rings (SSSR count). The van der Waals surface area contributed by atoms with Crippen LogP contribution in [0.4, 0.5) is 23.2 Å². The number of hydrogen-bond donors (Lipinski definition) is 1. The van der Waals surface area contributed by atoms with E-state index in [9.17, 15) is 18.4 Å². The summed E-state index contributed by atoms with van der Waals surface area (Å²) in [4.78, 5) is 34.3. The van der Waals surface area contributed by atoms with Crippen molar-refractivity contribution in [3.8, 4) is 34.3 Å². The lowest BCUT2D eigenvalue weighted by Gasteiger charge is -2.29. The molecule has 0 bridgehead atoms. The van der Waals surface area contributed by atoms with E-state index in [4.69, 9.17) is 14.5 Å². The van der Waals surface area contributed by atoms with Crippen molar-refractivity contribution in [3.05, 3.63) is 81.8 Å². The first-order valence-electron chi connectivity index (χ1n) is 14.0. The molecule has 1 aliphatic heterocycles. The fourth-order valence-corrected chi connectivity index (χ4v) is 5.48. The van der Waals surface area contributed by atoms with E-state index in [1.54, 1.807) is 6.07 Å². The number of aromatic nitrogens is 3. The van der Waals surface area contributed by atoms with Gasteiger partial charge in [-0.2, -0.15) is 13.5 Å². The molecule has 2 aromatic heterocycles. The Bertz CT molecular complexity index is 1750. The highest BCUT2D eigenvalue weighted by atomic mass is 19.3. The first-order chi connectivity index (χ1) is 21.5. The van der Waals surface area contributed by atoms with Crippen LogP contribution >= 0.6 is 0 Å². The topological polar surface area (TPSA) is 99.9 Å². The summed E-state index contributed by atoms with van der Waals surface area (Å²) < 4.78 is 73.2. The molecule has 1 atom stereocenters. The van der Waals surface area contributed by atoms with Crippen LogP contribution in [0.1, 0.15) is 34.8 Å². The van der Waals surface area contributed by atoms with E-state index >= 15 is 8.78 Å². The lowest BCUT2D eigenvalue weighted by Crippen LogP contribution is -2.31. The highest BCUT2D eigenvalue weighted by molar-refractivity contribution is 6.06. The number of benzene rings is 2. The number of likely N-dealkylation sites (N-methyl/N-ethyl adjacent to an activating group) is 1.